The molecule has 9 heteroatoms. The van der Waals surface area contributed by atoms with E-state index in [0.717, 1.165) is 18.4 Å². The SMILES string of the molecule is COC(=O)c1nc(Cl)ccc1N[C@H](C)c1cc(C)cc(N2C(=O)OCC2CCc2ccccc2)n1. The average molecular weight is 495 g/mol. The molecule has 1 saturated heterocycles. The molecule has 2 atom stereocenters. The first kappa shape index (κ1) is 24.5. The molecular weight excluding hydrogens is 468 g/mol. The molecule has 1 N–H and O–H groups in total. The number of carbonyl (C=O) groups is 2. The number of hydrogen-bond donors (Lipinski definition) is 1. The van der Waals surface area contributed by atoms with Crippen LogP contribution >= 0.6 is 11.6 Å². The van der Waals surface area contributed by atoms with Crippen LogP contribution in [0.5, 0.6) is 0 Å². The summed E-state index contributed by atoms with van der Waals surface area (Å²) in [5.74, 6) is -0.0576. The van der Waals surface area contributed by atoms with Crippen molar-refractivity contribution >= 4 is 35.2 Å². The fraction of sp³-hybridized carbons (Fsp3) is 0.308. The second-order valence-electron chi connectivity index (χ2n) is 8.44. The van der Waals surface area contributed by atoms with E-state index in [1.54, 1.807) is 17.0 Å². The summed E-state index contributed by atoms with van der Waals surface area (Å²) >= 11 is 5.97. The summed E-state index contributed by atoms with van der Waals surface area (Å²) in [5, 5.41) is 3.45. The van der Waals surface area contributed by atoms with Gasteiger partial charge in [0.2, 0.25) is 0 Å². The number of halogens is 1. The molecule has 182 valence electrons. The van der Waals surface area contributed by atoms with Crippen LogP contribution in [0.1, 0.15) is 46.7 Å². The predicted octanol–water partition coefficient (Wildman–Crippen LogP) is 5.36. The molecule has 1 unspecified atom stereocenters. The van der Waals surface area contributed by atoms with Crippen LogP contribution in [0.15, 0.2) is 54.6 Å². The van der Waals surface area contributed by atoms with Crippen LogP contribution in [0.25, 0.3) is 0 Å². The monoisotopic (exact) mass is 494 g/mol. The highest BCUT2D eigenvalue weighted by Crippen LogP contribution is 2.29. The van der Waals surface area contributed by atoms with E-state index in [1.165, 1.54) is 12.7 Å². The number of benzene rings is 1. The molecule has 0 aliphatic carbocycles. The number of hydrogen-bond acceptors (Lipinski definition) is 7. The lowest BCUT2D eigenvalue weighted by Crippen LogP contribution is -2.35. The van der Waals surface area contributed by atoms with Crippen LogP contribution in [-0.4, -0.2) is 41.8 Å². The number of nitrogens with one attached hydrogen (secondary N) is 1. The molecule has 0 spiro atoms. The van der Waals surface area contributed by atoms with E-state index in [-0.39, 0.29) is 22.9 Å². The van der Waals surface area contributed by atoms with Gasteiger partial charge < -0.3 is 14.8 Å². The molecule has 1 aromatic carbocycles. The second-order valence-corrected chi connectivity index (χ2v) is 8.83. The molecule has 1 fully saturated rings. The fourth-order valence-corrected chi connectivity index (χ4v) is 4.21. The van der Waals surface area contributed by atoms with Gasteiger partial charge in [-0.15, -0.1) is 0 Å². The summed E-state index contributed by atoms with van der Waals surface area (Å²) in [7, 11) is 1.29. The molecule has 1 amide bonds. The number of nitrogens with zero attached hydrogens (tertiary/aromatic N) is 3. The number of amides is 1. The molecule has 1 aliphatic heterocycles. The van der Waals surface area contributed by atoms with Crippen molar-refractivity contribution in [3.63, 3.8) is 0 Å². The third kappa shape index (κ3) is 5.71. The van der Waals surface area contributed by atoms with Crippen LogP contribution in [0.4, 0.5) is 16.3 Å². The van der Waals surface area contributed by atoms with E-state index in [4.69, 9.17) is 26.1 Å². The Hall–Kier alpha value is -3.65. The van der Waals surface area contributed by atoms with Crippen molar-refractivity contribution in [2.45, 2.75) is 38.8 Å². The van der Waals surface area contributed by atoms with Crippen molar-refractivity contribution in [2.75, 3.05) is 23.9 Å². The summed E-state index contributed by atoms with van der Waals surface area (Å²) in [6, 6.07) is 16.8. The Morgan fingerprint density at radius 1 is 1.23 bits per heavy atom. The Morgan fingerprint density at radius 2 is 2.00 bits per heavy atom. The van der Waals surface area contributed by atoms with Crippen molar-refractivity contribution in [1.82, 2.24) is 9.97 Å². The molecule has 0 radical (unpaired) electrons. The number of cyclic esters (lactones) is 1. The Morgan fingerprint density at radius 3 is 2.74 bits per heavy atom. The van der Waals surface area contributed by atoms with Gasteiger partial charge in [0.15, 0.2) is 5.69 Å². The van der Waals surface area contributed by atoms with Gasteiger partial charge in [0, 0.05) is 0 Å². The maximum absolute atomic E-state index is 12.6. The number of esters is 1. The molecule has 1 aliphatic rings. The highest BCUT2D eigenvalue weighted by atomic mass is 35.5. The smallest absolute Gasteiger partial charge is 0.415 e. The molecule has 3 heterocycles. The second kappa shape index (κ2) is 10.7. The van der Waals surface area contributed by atoms with Crippen LogP contribution in [-0.2, 0) is 15.9 Å². The number of carbonyl (C=O) groups excluding carboxylic acids is 2. The normalized spacial score (nSPS) is 16.1. The summed E-state index contributed by atoms with van der Waals surface area (Å²) in [6.45, 7) is 4.19. The van der Waals surface area contributed by atoms with E-state index in [1.807, 2.05) is 44.2 Å². The first-order valence-corrected chi connectivity index (χ1v) is 11.7. The lowest BCUT2D eigenvalue weighted by molar-refractivity contribution is 0.0595. The number of aryl methyl sites for hydroxylation is 2. The minimum Gasteiger partial charge on any atom is -0.464 e. The predicted molar refractivity (Wildman–Crippen MR) is 134 cm³/mol. The van der Waals surface area contributed by atoms with Crippen molar-refractivity contribution in [1.29, 1.82) is 0 Å². The number of aromatic nitrogens is 2. The molecule has 0 saturated carbocycles. The minimum absolute atomic E-state index is 0.0869. The zero-order valence-corrected chi connectivity index (χ0v) is 20.6. The highest BCUT2D eigenvalue weighted by molar-refractivity contribution is 6.29. The van der Waals surface area contributed by atoms with E-state index >= 15 is 0 Å². The maximum Gasteiger partial charge on any atom is 0.415 e. The number of rotatable bonds is 8. The first-order chi connectivity index (χ1) is 16.9. The van der Waals surface area contributed by atoms with Crippen molar-refractivity contribution in [3.05, 3.63) is 82.3 Å². The maximum atomic E-state index is 12.6. The van der Waals surface area contributed by atoms with Crippen molar-refractivity contribution in [3.8, 4) is 0 Å². The number of pyridine rings is 2. The van der Waals surface area contributed by atoms with Gasteiger partial charge in [-0.3, -0.25) is 4.90 Å². The van der Waals surface area contributed by atoms with Gasteiger partial charge in [0.1, 0.15) is 17.6 Å². The molecular formula is C26H27ClN4O4. The molecule has 35 heavy (non-hydrogen) atoms. The van der Waals surface area contributed by atoms with Crippen molar-refractivity contribution in [2.24, 2.45) is 0 Å². The van der Waals surface area contributed by atoms with E-state index in [9.17, 15) is 9.59 Å². The van der Waals surface area contributed by atoms with Gasteiger partial charge in [0.25, 0.3) is 0 Å². The zero-order valence-electron chi connectivity index (χ0n) is 19.8. The largest absolute Gasteiger partial charge is 0.464 e. The van der Waals surface area contributed by atoms with E-state index < -0.39 is 12.1 Å². The first-order valence-electron chi connectivity index (χ1n) is 11.4. The van der Waals surface area contributed by atoms with Gasteiger partial charge in [-0.1, -0.05) is 41.9 Å². The van der Waals surface area contributed by atoms with E-state index in [0.29, 0.717) is 23.8 Å². The fourth-order valence-electron chi connectivity index (χ4n) is 4.06. The Labute approximate surface area is 209 Å². The number of ether oxygens (including phenoxy) is 2. The van der Waals surface area contributed by atoms with Crippen LogP contribution in [0.2, 0.25) is 5.15 Å². The van der Waals surface area contributed by atoms with Crippen LogP contribution < -0.4 is 10.2 Å². The lowest BCUT2D eigenvalue weighted by Gasteiger charge is -2.23. The third-order valence-corrected chi connectivity index (χ3v) is 6.06. The Kier molecular flexibility index (Phi) is 7.51. The topological polar surface area (TPSA) is 93.7 Å². The van der Waals surface area contributed by atoms with Crippen LogP contribution in [0.3, 0.4) is 0 Å². The summed E-state index contributed by atoms with van der Waals surface area (Å²) < 4.78 is 10.2. The van der Waals surface area contributed by atoms with Crippen LogP contribution in [0, 0.1) is 6.92 Å². The molecule has 3 aromatic rings. The zero-order chi connectivity index (χ0) is 24.9. The molecule has 4 rings (SSSR count). The van der Waals surface area contributed by atoms with Gasteiger partial charge in [-0.25, -0.2) is 19.6 Å². The van der Waals surface area contributed by atoms with Gasteiger partial charge >= 0.3 is 12.1 Å². The Bertz CT molecular complexity index is 1220. The average Bonchev–Trinajstić information content (AvgIpc) is 3.23. The quantitative estimate of drug-likeness (QED) is 0.333. The summed E-state index contributed by atoms with van der Waals surface area (Å²) in [6.07, 6.45) is 1.19. The number of anilines is 2. The van der Waals surface area contributed by atoms with Gasteiger partial charge in [-0.2, -0.15) is 0 Å². The summed E-state index contributed by atoms with van der Waals surface area (Å²) in [5.41, 5.74) is 3.42. The van der Waals surface area contributed by atoms with Gasteiger partial charge in [0.05, 0.1) is 30.6 Å². The minimum atomic E-state index is -0.596. The number of methoxy groups -OCH3 is 1. The molecule has 0 bridgehead atoms. The molecule has 2 aromatic heterocycles. The third-order valence-electron chi connectivity index (χ3n) is 5.85. The van der Waals surface area contributed by atoms with Crippen molar-refractivity contribution < 1.29 is 19.1 Å². The van der Waals surface area contributed by atoms with E-state index in [2.05, 4.69) is 22.4 Å². The Balaban J connectivity index is 1.56. The highest BCUT2D eigenvalue weighted by Gasteiger charge is 2.35. The standard InChI is InChI=1S/C26H27ClN4O4/c1-16-13-21(17(2)28-20-11-12-22(27)30-24(20)25(32)34-3)29-23(14-16)31-19(15-35-26(31)33)10-9-18-7-5-4-6-8-18/h4-8,11-14,17,19,28H,9-10,15H2,1-3H3/t17-,19?/m1/s1. The van der Waals surface area contributed by atoms with Gasteiger partial charge in [-0.05, 0) is 62.1 Å². The molecule has 8 nitrogen and oxygen atoms in total. The lowest BCUT2D eigenvalue weighted by atomic mass is 10.0. The summed E-state index contributed by atoms with van der Waals surface area (Å²) in [4.78, 5) is 35.3.